The Morgan fingerprint density at radius 3 is 2.61 bits per heavy atom. The number of pyridine rings is 1. The molecule has 38 heavy (non-hydrogen) atoms. The smallest absolute Gasteiger partial charge is 0.268 e. The van der Waals surface area contributed by atoms with Crippen LogP contribution < -0.4 is 10.2 Å². The number of aryl methyl sites for hydroxylation is 1. The van der Waals surface area contributed by atoms with Crippen molar-refractivity contribution >= 4 is 29.1 Å². The maximum Gasteiger partial charge on any atom is 0.268 e. The molecule has 1 saturated carbocycles. The van der Waals surface area contributed by atoms with Crippen LogP contribution in [0, 0.1) is 30.3 Å². The predicted octanol–water partition coefficient (Wildman–Crippen LogP) is 5.03. The quantitative estimate of drug-likeness (QED) is 0.473. The summed E-state index contributed by atoms with van der Waals surface area (Å²) in [5.74, 6) is -4.29. The van der Waals surface area contributed by atoms with Gasteiger partial charge in [-0.1, -0.05) is 29.8 Å². The summed E-state index contributed by atoms with van der Waals surface area (Å²) in [6.07, 6.45) is 4.07. The minimum Gasteiger partial charge on any atom is -0.372 e. The van der Waals surface area contributed by atoms with Crippen LogP contribution in [0.3, 0.4) is 0 Å². The summed E-state index contributed by atoms with van der Waals surface area (Å²) < 4.78 is 42.9. The molecular weight excluding hydrogens is 519 g/mol. The number of nitrogens with zero attached hydrogens (tertiary/aromatic N) is 2. The van der Waals surface area contributed by atoms with Crippen LogP contribution in [0.25, 0.3) is 0 Å². The van der Waals surface area contributed by atoms with Crippen LogP contribution in [-0.4, -0.2) is 34.5 Å². The minimum atomic E-state index is -2.48. The first-order chi connectivity index (χ1) is 18.1. The summed E-state index contributed by atoms with van der Waals surface area (Å²) in [5.41, 5.74) is -1.90. The van der Waals surface area contributed by atoms with E-state index < -0.39 is 34.5 Å². The van der Waals surface area contributed by atoms with Gasteiger partial charge in [0.05, 0.1) is 22.0 Å². The molecule has 2 N–H and O–H groups in total. The van der Waals surface area contributed by atoms with Crippen LogP contribution in [-0.2, 0) is 10.4 Å². The zero-order chi connectivity index (χ0) is 27.2. The molecule has 0 bridgehead atoms. The number of benzene rings is 2. The zero-order valence-electron chi connectivity index (χ0n) is 20.5. The maximum absolute atomic E-state index is 14.7. The standard InChI is InChI=1S/C28H25ClF3N3O3/c1-15-20(11-17(29)13-33-15)26(36)34-19-8-5-16(6-9-19)14-35-24-12-18(30)7-10-21(24)28(38,27(35)37)22-3-2-4-23(31)25(22)32/h2-4,7,10-13,16,19,38H,5-6,8-9,14H2,1H3,(H,34,36)/t16-,19-,28?. The molecule has 0 spiro atoms. The second-order valence-corrected chi connectivity index (χ2v) is 10.3. The summed E-state index contributed by atoms with van der Waals surface area (Å²) in [6, 6.07) is 8.16. The molecule has 3 aromatic rings. The molecule has 1 aliphatic carbocycles. The molecule has 0 radical (unpaired) electrons. The molecule has 1 atom stereocenters. The van der Waals surface area contributed by atoms with Crippen molar-refractivity contribution in [3.05, 3.63) is 93.5 Å². The summed E-state index contributed by atoms with van der Waals surface area (Å²) in [5, 5.41) is 14.9. The molecule has 198 valence electrons. The molecule has 5 rings (SSSR count). The van der Waals surface area contributed by atoms with Gasteiger partial charge in [-0.05, 0) is 62.8 Å². The Morgan fingerprint density at radius 2 is 1.87 bits per heavy atom. The van der Waals surface area contributed by atoms with E-state index in [2.05, 4.69) is 10.3 Å². The number of fused-ring (bicyclic) bond motifs is 1. The van der Waals surface area contributed by atoms with Crippen molar-refractivity contribution in [1.82, 2.24) is 10.3 Å². The SMILES string of the molecule is Cc1ncc(Cl)cc1C(=O)N[C@H]1CC[C@H](CN2C(=O)C(O)(c3cccc(F)c3F)c3ccc(F)cc32)CC1. The lowest BCUT2D eigenvalue weighted by Gasteiger charge is -2.32. The molecule has 0 saturated heterocycles. The van der Waals surface area contributed by atoms with E-state index in [9.17, 15) is 27.9 Å². The van der Waals surface area contributed by atoms with Crippen molar-refractivity contribution in [2.45, 2.75) is 44.2 Å². The molecule has 2 heterocycles. The van der Waals surface area contributed by atoms with Crippen LogP contribution in [0.1, 0.15) is 52.9 Å². The van der Waals surface area contributed by atoms with E-state index in [0.717, 1.165) is 24.3 Å². The second-order valence-electron chi connectivity index (χ2n) is 9.87. The van der Waals surface area contributed by atoms with E-state index in [1.165, 1.54) is 23.2 Å². The maximum atomic E-state index is 14.7. The molecule has 1 aromatic heterocycles. The van der Waals surface area contributed by atoms with Gasteiger partial charge in [-0.2, -0.15) is 0 Å². The summed E-state index contributed by atoms with van der Waals surface area (Å²) >= 11 is 5.98. The van der Waals surface area contributed by atoms with Gasteiger partial charge in [0.2, 0.25) is 0 Å². The molecule has 2 aromatic carbocycles. The Bertz CT molecular complexity index is 1430. The van der Waals surface area contributed by atoms with E-state index in [-0.39, 0.29) is 35.7 Å². The van der Waals surface area contributed by atoms with Crippen LogP contribution >= 0.6 is 11.6 Å². The molecule has 10 heteroatoms. The third kappa shape index (κ3) is 4.54. The average Bonchev–Trinajstić information content (AvgIpc) is 3.09. The number of rotatable bonds is 5. The number of aliphatic hydroxyl groups is 1. The number of hydrogen-bond donors (Lipinski definition) is 2. The fourth-order valence-electron chi connectivity index (χ4n) is 5.43. The second kappa shape index (κ2) is 10.0. The molecular formula is C28H25ClF3N3O3. The summed E-state index contributed by atoms with van der Waals surface area (Å²) in [4.78, 5) is 31.7. The first-order valence-electron chi connectivity index (χ1n) is 12.3. The number of anilines is 1. The number of halogens is 4. The van der Waals surface area contributed by atoms with Crippen molar-refractivity contribution in [3.63, 3.8) is 0 Å². The number of carbonyl (C=O) groups excluding carboxylic acids is 2. The number of amides is 2. The minimum absolute atomic E-state index is 0.000138. The first-order valence-corrected chi connectivity index (χ1v) is 12.7. The van der Waals surface area contributed by atoms with Crippen LogP contribution in [0.15, 0.2) is 48.7 Å². The van der Waals surface area contributed by atoms with Crippen LogP contribution in [0.5, 0.6) is 0 Å². The predicted molar refractivity (Wildman–Crippen MR) is 135 cm³/mol. The number of aromatic nitrogens is 1. The molecule has 1 unspecified atom stereocenters. The molecule has 2 amide bonds. The molecule has 1 fully saturated rings. The summed E-state index contributed by atoms with van der Waals surface area (Å²) in [7, 11) is 0. The largest absolute Gasteiger partial charge is 0.372 e. The fourth-order valence-corrected chi connectivity index (χ4v) is 5.58. The Morgan fingerprint density at radius 1 is 1.13 bits per heavy atom. The van der Waals surface area contributed by atoms with E-state index in [0.29, 0.717) is 42.0 Å². The topological polar surface area (TPSA) is 82.5 Å². The Balaban J connectivity index is 1.32. The van der Waals surface area contributed by atoms with Gasteiger partial charge < -0.3 is 15.3 Å². The van der Waals surface area contributed by atoms with Gasteiger partial charge in [-0.3, -0.25) is 14.6 Å². The van der Waals surface area contributed by atoms with Crippen LogP contribution in [0.2, 0.25) is 5.02 Å². The van der Waals surface area contributed by atoms with Gasteiger partial charge in [0.1, 0.15) is 5.82 Å². The van der Waals surface area contributed by atoms with Gasteiger partial charge in [0.15, 0.2) is 17.2 Å². The molecule has 6 nitrogen and oxygen atoms in total. The van der Waals surface area contributed by atoms with Crippen molar-refractivity contribution < 1.29 is 27.9 Å². The van der Waals surface area contributed by atoms with Gasteiger partial charge >= 0.3 is 0 Å². The third-order valence-electron chi connectivity index (χ3n) is 7.46. The van der Waals surface area contributed by atoms with Crippen LogP contribution in [0.4, 0.5) is 18.9 Å². The van der Waals surface area contributed by atoms with Crippen molar-refractivity contribution in [3.8, 4) is 0 Å². The zero-order valence-corrected chi connectivity index (χ0v) is 21.2. The van der Waals surface area contributed by atoms with E-state index in [1.807, 2.05) is 0 Å². The first kappa shape index (κ1) is 26.2. The lowest BCUT2D eigenvalue weighted by atomic mass is 9.85. The van der Waals surface area contributed by atoms with Crippen molar-refractivity contribution in [1.29, 1.82) is 0 Å². The van der Waals surface area contributed by atoms with Gasteiger partial charge in [-0.15, -0.1) is 0 Å². The summed E-state index contributed by atoms with van der Waals surface area (Å²) in [6.45, 7) is 1.89. The number of carbonyl (C=O) groups is 2. The average molecular weight is 544 g/mol. The highest BCUT2D eigenvalue weighted by molar-refractivity contribution is 6.30. The Kier molecular flexibility index (Phi) is 6.92. The van der Waals surface area contributed by atoms with Gasteiger partial charge in [-0.25, -0.2) is 13.2 Å². The highest BCUT2D eigenvalue weighted by Gasteiger charge is 2.53. The Labute approximate surface area is 222 Å². The van der Waals surface area contributed by atoms with E-state index >= 15 is 0 Å². The highest BCUT2D eigenvalue weighted by Crippen LogP contribution is 2.46. The normalized spacial score (nSPS) is 22.9. The number of nitrogens with one attached hydrogen (secondary N) is 1. The Hall–Kier alpha value is -3.43. The molecule has 1 aliphatic heterocycles. The lowest BCUT2D eigenvalue weighted by Crippen LogP contribution is -2.45. The highest BCUT2D eigenvalue weighted by atomic mass is 35.5. The van der Waals surface area contributed by atoms with Crippen molar-refractivity contribution in [2.24, 2.45) is 5.92 Å². The lowest BCUT2D eigenvalue weighted by molar-refractivity contribution is -0.132. The van der Waals surface area contributed by atoms with E-state index in [1.54, 1.807) is 13.0 Å². The van der Waals surface area contributed by atoms with Gasteiger partial charge in [0.25, 0.3) is 11.8 Å². The number of hydrogen-bond acceptors (Lipinski definition) is 4. The molecule has 2 aliphatic rings. The fraction of sp³-hybridized carbons (Fsp3) is 0.321. The van der Waals surface area contributed by atoms with E-state index in [4.69, 9.17) is 11.6 Å². The van der Waals surface area contributed by atoms with Crippen molar-refractivity contribution in [2.75, 3.05) is 11.4 Å². The third-order valence-corrected chi connectivity index (χ3v) is 7.66. The monoisotopic (exact) mass is 543 g/mol. The van der Waals surface area contributed by atoms with Gasteiger partial charge in [0, 0.05) is 29.9 Å².